The van der Waals surface area contributed by atoms with Gasteiger partial charge in [-0.3, -0.25) is 9.59 Å². The van der Waals surface area contributed by atoms with Crippen LogP contribution in [0, 0.1) is 5.92 Å². The van der Waals surface area contributed by atoms with Crippen LogP contribution in [0.25, 0.3) is 21.0 Å². The van der Waals surface area contributed by atoms with Crippen molar-refractivity contribution in [3.05, 3.63) is 72.5 Å². The molecule has 35 heavy (non-hydrogen) atoms. The number of para-hydroxylation sites is 2. The summed E-state index contributed by atoms with van der Waals surface area (Å²) < 4.78 is 12.7. The summed E-state index contributed by atoms with van der Waals surface area (Å²) >= 11 is 1.58. The van der Waals surface area contributed by atoms with Gasteiger partial charge in [-0.1, -0.05) is 30.3 Å². The fraction of sp³-hybridized carbons (Fsp3) is 0.296. The molecule has 1 fully saturated rings. The zero-order chi connectivity index (χ0) is 24.0. The molecular weight excluding hydrogens is 462 g/mol. The summed E-state index contributed by atoms with van der Waals surface area (Å²) in [5.74, 6) is 1.87. The molecule has 0 radical (unpaired) electrons. The fourth-order valence-electron chi connectivity index (χ4n) is 4.23. The third-order valence-electron chi connectivity index (χ3n) is 6.08. The number of piperidine rings is 1. The van der Waals surface area contributed by atoms with E-state index in [0.29, 0.717) is 44.2 Å². The first kappa shape index (κ1) is 23.1. The van der Waals surface area contributed by atoms with Gasteiger partial charge >= 0.3 is 0 Å². The number of fused-ring (bicyclic) bond motifs is 1. The third-order valence-corrected chi connectivity index (χ3v) is 7.13. The van der Waals surface area contributed by atoms with Crippen LogP contribution in [0.2, 0.25) is 0 Å². The third kappa shape index (κ3) is 5.71. The molecule has 8 heteroatoms. The molecule has 1 atom stereocenters. The van der Waals surface area contributed by atoms with Gasteiger partial charge in [0.25, 0.3) is 0 Å². The Morgan fingerprint density at radius 3 is 2.77 bits per heavy atom. The summed E-state index contributed by atoms with van der Waals surface area (Å²) in [5.41, 5.74) is 0.946. The number of thiazole rings is 1. The van der Waals surface area contributed by atoms with Crippen LogP contribution in [0.4, 0.5) is 0 Å². The van der Waals surface area contributed by atoms with Crippen molar-refractivity contribution in [1.29, 1.82) is 0 Å². The molecule has 5 rings (SSSR count). The molecule has 0 spiro atoms. The minimum atomic E-state index is -0.221. The highest BCUT2D eigenvalue weighted by Gasteiger charge is 2.28. The Bertz CT molecular complexity index is 1270. The molecule has 0 bridgehead atoms. The van der Waals surface area contributed by atoms with Crippen molar-refractivity contribution in [3.63, 3.8) is 0 Å². The van der Waals surface area contributed by atoms with Crippen molar-refractivity contribution in [2.45, 2.75) is 25.8 Å². The number of nitrogens with one attached hydrogen (secondary N) is 1. The van der Waals surface area contributed by atoms with Gasteiger partial charge in [0, 0.05) is 13.1 Å². The maximum Gasteiger partial charge on any atom is 0.226 e. The lowest BCUT2D eigenvalue weighted by Crippen LogP contribution is -2.45. The molecule has 1 aliphatic rings. The van der Waals surface area contributed by atoms with E-state index in [1.54, 1.807) is 16.2 Å². The maximum absolute atomic E-state index is 12.8. The van der Waals surface area contributed by atoms with Crippen molar-refractivity contribution >= 4 is 33.4 Å². The highest BCUT2D eigenvalue weighted by atomic mass is 32.1. The minimum absolute atomic E-state index is 0.0185. The molecule has 2 aromatic carbocycles. The van der Waals surface area contributed by atoms with E-state index < -0.39 is 0 Å². The molecular formula is C27H27N3O4S. The second-order valence-electron chi connectivity index (χ2n) is 8.56. The van der Waals surface area contributed by atoms with Gasteiger partial charge in [-0.15, -0.1) is 11.3 Å². The van der Waals surface area contributed by atoms with Crippen LogP contribution in [0.3, 0.4) is 0 Å². The van der Waals surface area contributed by atoms with Gasteiger partial charge in [0.1, 0.15) is 11.5 Å². The number of rotatable bonds is 8. The Morgan fingerprint density at radius 2 is 1.91 bits per heavy atom. The molecule has 7 nitrogen and oxygen atoms in total. The van der Waals surface area contributed by atoms with Crippen LogP contribution in [0.1, 0.15) is 25.0 Å². The molecule has 4 aromatic rings. The zero-order valence-electron chi connectivity index (χ0n) is 19.3. The van der Waals surface area contributed by atoms with Gasteiger partial charge in [-0.25, -0.2) is 4.98 Å². The number of hydrogen-bond donors (Lipinski definition) is 1. The molecule has 1 N–H and O–H groups in total. The summed E-state index contributed by atoms with van der Waals surface area (Å²) in [6.07, 6.45) is 1.88. The molecule has 180 valence electrons. The molecule has 0 aliphatic carbocycles. The Balaban J connectivity index is 1.10. The monoisotopic (exact) mass is 489 g/mol. The normalized spacial score (nSPS) is 15.8. The number of ether oxygens (including phenoxy) is 1. The number of likely N-dealkylation sites (tertiary alicyclic amines) is 1. The Hall–Kier alpha value is -3.65. The number of nitrogens with zero attached hydrogens (tertiary/aromatic N) is 2. The van der Waals surface area contributed by atoms with Crippen molar-refractivity contribution in [1.82, 2.24) is 15.2 Å². The van der Waals surface area contributed by atoms with E-state index in [0.717, 1.165) is 33.8 Å². The Morgan fingerprint density at radius 1 is 1.09 bits per heavy atom. The summed E-state index contributed by atoms with van der Waals surface area (Å²) in [6, 6.07) is 21.2. The van der Waals surface area contributed by atoms with E-state index in [1.165, 1.54) is 0 Å². The second-order valence-corrected chi connectivity index (χ2v) is 9.59. The van der Waals surface area contributed by atoms with Gasteiger partial charge in [-0.05, 0) is 49.2 Å². The molecule has 2 aromatic heterocycles. The molecule has 1 saturated heterocycles. The van der Waals surface area contributed by atoms with Crippen molar-refractivity contribution in [2.75, 3.05) is 19.7 Å². The molecule has 3 heterocycles. The predicted molar refractivity (Wildman–Crippen MR) is 135 cm³/mol. The van der Waals surface area contributed by atoms with Crippen LogP contribution in [-0.2, 0) is 16.1 Å². The standard InChI is InChI=1S/C27H27N3O4S/c31-25(14-16-33-20-8-2-1-3-9-20)30-15-6-7-19(18-30)26(32)28-17-21-12-13-23(34-21)27-29-22-10-4-5-11-24(22)35-27/h1-5,8-13,19H,6-7,14-18H2,(H,28,32). The summed E-state index contributed by atoms with van der Waals surface area (Å²) in [6.45, 7) is 1.74. The molecule has 1 unspecified atom stereocenters. The lowest BCUT2D eigenvalue weighted by molar-refractivity contribution is -0.136. The first-order chi connectivity index (χ1) is 17.2. The van der Waals surface area contributed by atoms with Crippen LogP contribution in [-0.4, -0.2) is 41.4 Å². The van der Waals surface area contributed by atoms with E-state index in [2.05, 4.69) is 10.3 Å². The topological polar surface area (TPSA) is 84.7 Å². The quantitative estimate of drug-likeness (QED) is 0.381. The van der Waals surface area contributed by atoms with E-state index in [4.69, 9.17) is 9.15 Å². The first-order valence-corrected chi connectivity index (χ1v) is 12.7. The predicted octanol–water partition coefficient (Wildman–Crippen LogP) is 4.88. The highest BCUT2D eigenvalue weighted by Crippen LogP contribution is 2.31. The minimum Gasteiger partial charge on any atom is -0.493 e. The average molecular weight is 490 g/mol. The largest absolute Gasteiger partial charge is 0.493 e. The lowest BCUT2D eigenvalue weighted by atomic mass is 9.97. The first-order valence-electron chi connectivity index (χ1n) is 11.8. The average Bonchev–Trinajstić information content (AvgIpc) is 3.55. The number of amides is 2. The van der Waals surface area contributed by atoms with Crippen molar-refractivity contribution < 1.29 is 18.7 Å². The van der Waals surface area contributed by atoms with E-state index in [9.17, 15) is 9.59 Å². The SMILES string of the molecule is O=C(NCc1ccc(-c2nc3ccccc3s2)o1)C1CCCN(C(=O)CCOc2ccccc2)C1. The fourth-order valence-corrected chi connectivity index (χ4v) is 5.16. The molecule has 1 aliphatic heterocycles. The van der Waals surface area contributed by atoms with Gasteiger partial charge in [0.2, 0.25) is 11.8 Å². The lowest BCUT2D eigenvalue weighted by Gasteiger charge is -2.32. The summed E-state index contributed by atoms with van der Waals surface area (Å²) in [4.78, 5) is 31.8. The number of carbonyl (C=O) groups excluding carboxylic acids is 2. The van der Waals surface area contributed by atoms with Crippen molar-refractivity contribution in [3.8, 4) is 16.5 Å². The number of carbonyl (C=O) groups is 2. The van der Waals surface area contributed by atoms with Gasteiger partial charge in [0.05, 0.1) is 35.7 Å². The van der Waals surface area contributed by atoms with E-state index in [-0.39, 0.29) is 17.7 Å². The number of hydrogen-bond acceptors (Lipinski definition) is 6. The van der Waals surface area contributed by atoms with Gasteiger partial charge in [-0.2, -0.15) is 0 Å². The summed E-state index contributed by atoms with van der Waals surface area (Å²) in [7, 11) is 0. The maximum atomic E-state index is 12.8. The highest BCUT2D eigenvalue weighted by molar-refractivity contribution is 7.21. The smallest absolute Gasteiger partial charge is 0.226 e. The molecule has 2 amide bonds. The van der Waals surface area contributed by atoms with E-state index >= 15 is 0 Å². The van der Waals surface area contributed by atoms with Crippen LogP contribution in [0.15, 0.2) is 71.1 Å². The van der Waals surface area contributed by atoms with Crippen LogP contribution < -0.4 is 10.1 Å². The molecule has 0 saturated carbocycles. The number of aromatic nitrogens is 1. The van der Waals surface area contributed by atoms with Gasteiger partial charge < -0.3 is 19.4 Å². The Labute approximate surface area is 207 Å². The van der Waals surface area contributed by atoms with Crippen LogP contribution in [0.5, 0.6) is 5.75 Å². The van der Waals surface area contributed by atoms with Crippen LogP contribution >= 0.6 is 11.3 Å². The van der Waals surface area contributed by atoms with Gasteiger partial charge in [0.15, 0.2) is 10.8 Å². The second kappa shape index (κ2) is 10.7. The Kier molecular flexibility index (Phi) is 7.09. The van der Waals surface area contributed by atoms with E-state index in [1.807, 2.05) is 66.7 Å². The zero-order valence-corrected chi connectivity index (χ0v) is 20.1. The number of benzene rings is 2. The summed E-state index contributed by atoms with van der Waals surface area (Å²) in [5, 5.41) is 3.79. The number of furan rings is 1. The van der Waals surface area contributed by atoms with Crippen molar-refractivity contribution in [2.24, 2.45) is 5.92 Å².